The number of aromatic carboxylic acids is 1. The molecule has 1 unspecified atom stereocenters. The van der Waals surface area contributed by atoms with E-state index in [1.807, 2.05) is 24.3 Å². The minimum Gasteiger partial charge on any atom is -0.477 e. The molecule has 0 bridgehead atoms. The largest absolute Gasteiger partial charge is 0.477 e. The predicted molar refractivity (Wildman–Crippen MR) is 66.6 cm³/mol. The van der Waals surface area contributed by atoms with Gasteiger partial charge in [-0.3, -0.25) is 0 Å². The molecule has 3 rings (SSSR count). The van der Waals surface area contributed by atoms with Crippen molar-refractivity contribution < 1.29 is 14.6 Å². The molecule has 4 nitrogen and oxygen atoms in total. The van der Waals surface area contributed by atoms with Gasteiger partial charge in [0.2, 0.25) is 0 Å². The van der Waals surface area contributed by atoms with E-state index in [1.165, 1.54) is 0 Å². The van der Waals surface area contributed by atoms with E-state index in [4.69, 9.17) is 9.84 Å². The summed E-state index contributed by atoms with van der Waals surface area (Å²) in [6, 6.07) is 9.13. The van der Waals surface area contributed by atoms with E-state index in [-0.39, 0.29) is 11.8 Å². The van der Waals surface area contributed by atoms with E-state index < -0.39 is 5.97 Å². The summed E-state index contributed by atoms with van der Waals surface area (Å²) >= 11 is 0. The lowest BCUT2D eigenvalue weighted by Gasteiger charge is -2.12. The predicted octanol–water partition coefficient (Wildman–Crippen LogP) is 2.78. The van der Waals surface area contributed by atoms with Gasteiger partial charge in [-0.05, 0) is 30.5 Å². The normalized spacial score (nSPS) is 19.2. The zero-order valence-electron chi connectivity index (χ0n) is 9.80. The molecule has 1 aliphatic heterocycles. The number of ether oxygens (including phenoxy) is 1. The van der Waals surface area contributed by atoms with Crippen LogP contribution in [-0.2, 0) is 4.74 Å². The van der Waals surface area contributed by atoms with Crippen molar-refractivity contribution in [3.8, 4) is 0 Å². The van der Waals surface area contributed by atoms with Crippen LogP contribution >= 0.6 is 0 Å². The maximum absolute atomic E-state index is 10.9. The van der Waals surface area contributed by atoms with Crippen LogP contribution in [0.3, 0.4) is 0 Å². The van der Waals surface area contributed by atoms with Crippen molar-refractivity contribution in [1.29, 1.82) is 0 Å². The lowest BCUT2D eigenvalue weighted by molar-refractivity contribution is 0.0691. The molecule has 1 saturated heterocycles. The monoisotopic (exact) mass is 243 g/mol. The van der Waals surface area contributed by atoms with Crippen LogP contribution in [0.2, 0.25) is 0 Å². The molecule has 0 saturated carbocycles. The summed E-state index contributed by atoms with van der Waals surface area (Å²) in [5.74, 6) is -1.00. The second kappa shape index (κ2) is 4.38. The van der Waals surface area contributed by atoms with Crippen molar-refractivity contribution in [2.45, 2.75) is 18.9 Å². The highest BCUT2D eigenvalue weighted by Gasteiger charge is 2.20. The minimum absolute atomic E-state index is 0.0759. The van der Waals surface area contributed by atoms with E-state index in [1.54, 1.807) is 6.07 Å². The van der Waals surface area contributed by atoms with Gasteiger partial charge in [-0.25, -0.2) is 9.78 Å². The van der Waals surface area contributed by atoms with Gasteiger partial charge in [0, 0.05) is 12.0 Å². The molecule has 0 aliphatic carbocycles. The number of carboxylic acid groups (broad SMARTS) is 1. The molecule has 1 N–H and O–H groups in total. The zero-order valence-corrected chi connectivity index (χ0v) is 9.80. The Bertz CT molecular complexity index is 603. The second-order valence-corrected chi connectivity index (χ2v) is 4.42. The summed E-state index contributed by atoms with van der Waals surface area (Å²) in [6.45, 7) is 0.793. The third-order valence-electron chi connectivity index (χ3n) is 3.26. The van der Waals surface area contributed by atoms with Crippen molar-refractivity contribution in [2.75, 3.05) is 6.61 Å². The maximum Gasteiger partial charge on any atom is 0.354 e. The summed E-state index contributed by atoms with van der Waals surface area (Å²) in [7, 11) is 0. The van der Waals surface area contributed by atoms with Crippen LogP contribution in [0.25, 0.3) is 10.9 Å². The maximum atomic E-state index is 10.9. The van der Waals surface area contributed by atoms with Gasteiger partial charge < -0.3 is 9.84 Å². The summed E-state index contributed by atoms with van der Waals surface area (Å²) < 4.78 is 5.68. The van der Waals surface area contributed by atoms with Gasteiger partial charge >= 0.3 is 5.97 Å². The van der Waals surface area contributed by atoms with E-state index in [9.17, 15) is 4.79 Å². The number of nitrogens with zero attached hydrogens (tertiary/aromatic N) is 1. The van der Waals surface area contributed by atoms with Gasteiger partial charge in [0.05, 0.1) is 11.6 Å². The second-order valence-electron chi connectivity index (χ2n) is 4.42. The standard InChI is InChI=1S/C14H13NO3/c16-14(17)12-7-6-9-10(13-5-2-8-18-13)3-1-4-11(9)15-12/h1,3-4,6-7,13H,2,5,8H2,(H,16,17). The minimum atomic E-state index is -1.00. The smallest absolute Gasteiger partial charge is 0.354 e. The quantitative estimate of drug-likeness (QED) is 0.881. The summed E-state index contributed by atoms with van der Waals surface area (Å²) in [4.78, 5) is 15.1. The van der Waals surface area contributed by atoms with Crippen LogP contribution in [-0.4, -0.2) is 22.7 Å². The van der Waals surface area contributed by atoms with Crippen molar-refractivity contribution in [3.63, 3.8) is 0 Å². The van der Waals surface area contributed by atoms with Crippen molar-refractivity contribution in [1.82, 2.24) is 4.98 Å². The first kappa shape index (κ1) is 11.2. The van der Waals surface area contributed by atoms with E-state index in [0.29, 0.717) is 5.52 Å². The Morgan fingerprint density at radius 2 is 2.22 bits per heavy atom. The Labute approximate surface area is 104 Å². The van der Waals surface area contributed by atoms with Gasteiger partial charge in [0.1, 0.15) is 5.69 Å². The molecule has 0 amide bonds. The van der Waals surface area contributed by atoms with Crippen LogP contribution in [0.5, 0.6) is 0 Å². The SMILES string of the molecule is O=C(O)c1ccc2c(C3CCCO3)cccc2n1. The number of pyridine rings is 1. The van der Waals surface area contributed by atoms with Gasteiger partial charge in [0.25, 0.3) is 0 Å². The van der Waals surface area contributed by atoms with Crippen molar-refractivity contribution >= 4 is 16.9 Å². The van der Waals surface area contributed by atoms with Crippen LogP contribution in [0.4, 0.5) is 0 Å². The molecule has 1 fully saturated rings. The fraction of sp³-hybridized carbons (Fsp3) is 0.286. The molecular formula is C14H13NO3. The van der Waals surface area contributed by atoms with Crippen LogP contribution in [0.1, 0.15) is 35.0 Å². The summed E-state index contributed by atoms with van der Waals surface area (Å²) in [5, 5.41) is 9.92. The first-order chi connectivity index (χ1) is 8.75. The van der Waals surface area contributed by atoms with E-state index in [2.05, 4.69) is 4.98 Å². The first-order valence-electron chi connectivity index (χ1n) is 6.00. The van der Waals surface area contributed by atoms with Gasteiger partial charge in [-0.2, -0.15) is 0 Å². The van der Waals surface area contributed by atoms with Gasteiger partial charge in [0.15, 0.2) is 0 Å². The Hall–Kier alpha value is -1.94. The fourth-order valence-electron chi connectivity index (χ4n) is 2.40. The number of carbonyl (C=O) groups is 1. The molecular weight excluding hydrogens is 230 g/mol. The van der Waals surface area contributed by atoms with E-state index in [0.717, 1.165) is 30.4 Å². The molecule has 1 aliphatic rings. The molecule has 4 heteroatoms. The molecule has 2 heterocycles. The molecule has 0 spiro atoms. The number of aromatic nitrogens is 1. The topological polar surface area (TPSA) is 59.4 Å². The number of rotatable bonds is 2. The van der Waals surface area contributed by atoms with Crippen molar-refractivity contribution in [3.05, 3.63) is 41.6 Å². The Morgan fingerprint density at radius 1 is 1.33 bits per heavy atom. The average molecular weight is 243 g/mol. The molecule has 18 heavy (non-hydrogen) atoms. The van der Waals surface area contributed by atoms with Crippen LogP contribution in [0.15, 0.2) is 30.3 Å². The van der Waals surface area contributed by atoms with Crippen LogP contribution in [0, 0.1) is 0 Å². The highest BCUT2D eigenvalue weighted by molar-refractivity contribution is 5.90. The summed E-state index contributed by atoms with van der Waals surface area (Å²) in [5.41, 5.74) is 1.89. The molecule has 1 atom stereocenters. The van der Waals surface area contributed by atoms with Crippen molar-refractivity contribution in [2.24, 2.45) is 0 Å². The lowest BCUT2D eigenvalue weighted by atomic mass is 10.0. The van der Waals surface area contributed by atoms with E-state index >= 15 is 0 Å². The Balaban J connectivity index is 2.13. The van der Waals surface area contributed by atoms with Gasteiger partial charge in [-0.1, -0.05) is 18.2 Å². The van der Waals surface area contributed by atoms with Gasteiger partial charge in [-0.15, -0.1) is 0 Å². The highest BCUT2D eigenvalue weighted by atomic mass is 16.5. The molecule has 1 aromatic carbocycles. The number of fused-ring (bicyclic) bond motifs is 1. The number of hydrogen-bond acceptors (Lipinski definition) is 3. The molecule has 92 valence electrons. The third-order valence-corrected chi connectivity index (χ3v) is 3.26. The highest BCUT2D eigenvalue weighted by Crippen LogP contribution is 2.32. The number of carboxylic acids is 1. The molecule has 2 aromatic rings. The Kier molecular flexibility index (Phi) is 2.72. The number of benzene rings is 1. The molecule has 1 aromatic heterocycles. The summed E-state index contributed by atoms with van der Waals surface area (Å²) in [6.07, 6.45) is 2.20. The number of hydrogen-bond donors (Lipinski definition) is 1. The fourth-order valence-corrected chi connectivity index (χ4v) is 2.40. The lowest BCUT2D eigenvalue weighted by Crippen LogP contribution is -2.02. The zero-order chi connectivity index (χ0) is 12.5. The molecule has 0 radical (unpaired) electrons. The Morgan fingerprint density at radius 3 is 2.94 bits per heavy atom. The first-order valence-corrected chi connectivity index (χ1v) is 6.00. The van der Waals surface area contributed by atoms with Crippen LogP contribution < -0.4 is 0 Å². The average Bonchev–Trinajstić information content (AvgIpc) is 2.91. The third kappa shape index (κ3) is 1.84.